The van der Waals surface area contributed by atoms with Gasteiger partial charge in [0.15, 0.2) is 0 Å². The van der Waals surface area contributed by atoms with Crippen LogP contribution in [-0.4, -0.2) is 28.0 Å². The Morgan fingerprint density at radius 3 is 2.56 bits per heavy atom. The molecule has 32 heavy (non-hydrogen) atoms. The van der Waals surface area contributed by atoms with Crippen LogP contribution in [0.15, 0.2) is 63.7 Å². The molecule has 0 saturated carbocycles. The zero-order valence-electron chi connectivity index (χ0n) is 18.1. The Morgan fingerprint density at radius 2 is 1.88 bits per heavy atom. The maximum atomic E-state index is 13.3. The van der Waals surface area contributed by atoms with Gasteiger partial charge in [0.25, 0.3) is 0 Å². The summed E-state index contributed by atoms with van der Waals surface area (Å²) in [5.74, 6) is 1.27. The number of thiophene rings is 1. The van der Waals surface area contributed by atoms with Crippen LogP contribution in [0.1, 0.15) is 36.6 Å². The zero-order chi connectivity index (χ0) is 22.9. The summed E-state index contributed by atoms with van der Waals surface area (Å²) in [5, 5.41) is 4.41. The van der Waals surface area contributed by atoms with Gasteiger partial charge in [0.1, 0.15) is 16.4 Å². The predicted molar refractivity (Wildman–Crippen MR) is 125 cm³/mol. The predicted octanol–water partition coefficient (Wildman–Crippen LogP) is 5.10. The van der Waals surface area contributed by atoms with Crippen molar-refractivity contribution in [2.75, 3.05) is 19.0 Å². The topological polar surface area (TPSA) is 81.7 Å². The maximum absolute atomic E-state index is 13.3. The summed E-state index contributed by atoms with van der Waals surface area (Å²) in [4.78, 5) is 13.7. The molecular formula is C24H25NO5S2. The van der Waals surface area contributed by atoms with Crippen LogP contribution in [0.3, 0.4) is 0 Å². The van der Waals surface area contributed by atoms with Crippen molar-refractivity contribution < 1.29 is 22.7 Å². The highest BCUT2D eigenvalue weighted by atomic mass is 32.2. The second-order valence-corrected chi connectivity index (χ2v) is 10.9. The number of amides is 1. The van der Waals surface area contributed by atoms with Crippen LogP contribution in [-0.2, 0) is 14.6 Å². The first kappa shape index (κ1) is 22.4. The Kier molecular flexibility index (Phi) is 6.26. The fourth-order valence-corrected chi connectivity index (χ4v) is 6.55. The maximum Gasteiger partial charge on any atom is 0.225 e. The van der Waals surface area contributed by atoms with Crippen LogP contribution in [0.25, 0.3) is 0 Å². The van der Waals surface area contributed by atoms with E-state index < -0.39 is 9.84 Å². The van der Waals surface area contributed by atoms with Gasteiger partial charge in [-0.1, -0.05) is 26.0 Å². The number of ether oxygens (including phenoxy) is 2. The molecule has 1 atom stereocenters. The van der Waals surface area contributed by atoms with Crippen LogP contribution < -0.4 is 14.8 Å². The number of rotatable bonds is 7. The molecule has 8 heteroatoms. The minimum Gasteiger partial charge on any atom is -0.497 e. The van der Waals surface area contributed by atoms with E-state index >= 15 is 0 Å². The van der Waals surface area contributed by atoms with E-state index in [1.165, 1.54) is 30.6 Å². The van der Waals surface area contributed by atoms with Crippen molar-refractivity contribution in [2.45, 2.75) is 36.0 Å². The van der Waals surface area contributed by atoms with Gasteiger partial charge >= 0.3 is 0 Å². The van der Waals surface area contributed by atoms with Gasteiger partial charge in [0.2, 0.25) is 15.7 Å². The average Bonchev–Trinajstić information content (AvgIpc) is 3.22. The molecule has 2 aromatic carbocycles. The molecule has 3 aromatic rings. The van der Waals surface area contributed by atoms with E-state index in [0.29, 0.717) is 24.0 Å². The molecule has 0 fully saturated rings. The van der Waals surface area contributed by atoms with Crippen LogP contribution in [0.4, 0.5) is 5.69 Å². The second kappa shape index (κ2) is 8.96. The van der Waals surface area contributed by atoms with E-state index in [1.54, 1.807) is 17.5 Å². The van der Waals surface area contributed by atoms with Crippen molar-refractivity contribution in [3.8, 4) is 11.5 Å². The number of nitrogens with one attached hydrogen (secondary N) is 1. The number of carbonyl (C=O) groups excluding carboxylic acids is 1. The molecule has 1 aliphatic rings. The second-order valence-electron chi connectivity index (χ2n) is 8.10. The lowest BCUT2D eigenvalue weighted by Crippen LogP contribution is -2.23. The molecule has 0 bridgehead atoms. The Morgan fingerprint density at radius 1 is 1.12 bits per heavy atom. The average molecular weight is 472 g/mol. The first-order valence-corrected chi connectivity index (χ1v) is 12.7. The largest absolute Gasteiger partial charge is 0.497 e. The van der Waals surface area contributed by atoms with Crippen molar-refractivity contribution in [1.29, 1.82) is 0 Å². The van der Waals surface area contributed by atoms with E-state index in [4.69, 9.17) is 9.47 Å². The van der Waals surface area contributed by atoms with Gasteiger partial charge < -0.3 is 14.8 Å². The molecule has 6 nitrogen and oxygen atoms in total. The smallest absolute Gasteiger partial charge is 0.225 e. The molecule has 0 spiro atoms. The molecular weight excluding hydrogens is 446 g/mol. The van der Waals surface area contributed by atoms with Crippen molar-refractivity contribution in [3.05, 3.63) is 64.4 Å². The first-order chi connectivity index (χ1) is 15.3. The van der Waals surface area contributed by atoms with E-state index in [9.17, 15) is 13.2 Å². The molecule has 0 aliphatic carbocycles. The summed E-state index contributed by atoms with van der Waals surface area (Å²) >= 11 is 1.35. The van der Waals surface area contributed by atoms with E-state index in [1.807, 2.05) is 24.3 Å². The standard InChI is InChI=1S/C24H25NO5S2/c1-15(2)13-30-18-6-4-5-16(11-18)20-12-22(26)25-23-21(14-31-24(20)23)32(27,28)19-9-7-17(29-3)8-10-19/h4-11,14-15,20H,12-13H2,1-3H3,(H,25,26)/t20-/m1/s1. The monoisotopic (exact) mass is 471 g/mol. The van der Waals surface area contributed by atoms with E-state index in [0.717, 1.165) is 16.2 Å². The summed E-state index contributed by atoms with van der Waals surface area (Å²) in [6.45, 7) is 4.76. The lowest BCUT2D eigenvalue weighted by Gasteiger charge is -2.24. The minimum absolute atomic E-state index is 0.118. The van der Waals surface area contributed by atoms with Gasteiger partial charge in [0, 0.05) is 22.6 Å². The number of hydrogen-bond donors (Lipinski definition) is 1. The van der Waals surface area contributed by atoms with Crippen molar-refractivity contribution >= 4 is 32.8 Å². The number of anilines is 1. The summed E-state index contributed by atoms with van der Waals surface area (Å²) in [5.41, 5.74) is 1.30. The van der Waals surface area contributed by atoms with Crippen molar-refractivity contribution in [3.63, 3.8) is 0 Å². The molecule has 0 radical (unpaired) electrons. The summed E-state index contributed by atoms with van der Waals surface area (Å²) < 4.78 is 37.6. The SMILES string of the molecule is COc1ccc(S(=O)(=O)c2csc3c2NC(=O)C[C@@H]3c2cccc(OCC(C)C)c2)cc1. The van der Waals surface area contributed by atoms with Crippen molar-refractivity contribution in [2.24, 2.45) is 5.92 Å². The van der Waals surface area contributed by atoms with Gasteiger partial charge in [0.05, 0.1) is 24.3 Å². The molecule has 4 rings (SSSR count). The molecule has 1 aromatic heterocycles. The number of carbonyl (C=O) groups is 1. The molecule has 1 amide bonds. The molecule has 1 N–H and O–H groups in total. The fraction of sp³-hybridized carbons (Fsp3) is 0.292. The third-order valence-electron chi connectivity index (χ3n) is 5.26. The Hall–Kier alpha value is -2.84. The highest BCUT2D eigenvalue weighted by Gasteiger charge is 2.34. The van der Waals surface area contributed by atoms with Gasteiger partial charge in [-0.25, -0.2) is 8.42 Å². The summed E-state index contributed by atoms with van der Waals surface area (Å²) in [6, 6.07) is 13.9. The summed E-state index contributed by atoms with van der Waals surface area (Å²) in [6.07, 6.45) is 0.253. The lowest BCUT2D eigenvalue weighted by atomic mass is 9.90. The molecule has 0 saturated heterocycles. The molecule has 0 unspecified atom stereocenters. The highest BCUT2D eigenvalue weighted by molar-refractivity contribution is 7.91. The van der Waals surface area contributed by atoms with Gasteiger partial charge in [-0.2, -0.15) is 0 Å². The van der Waals surface area contributed by atoms with Crippen LogP contribution >= 0.6 is 11.3 Å². The Balaban J connectivity index is 1.71. The van der Waals surface area contributed by atoms with Gasteiger partial charge in [-0.15, -0.1) is 11.3 Å². The van der Waals surface area contributed by atoms with Gasteiger partial charge in [-0.05, 0) is 47.9 Å². The third-order valence-corrected chi connectivity index (χ3v) is 8.30. The Labute approximate surface area is 192 Å². The number of sulfone groups is 1. The number of hydrogen-bond acceptors (Lipinski definition) is 6. The molecule has 168 valence electrons. The fourth-order valence-electron chi connectivity index (χ4n) is 3.64. The molecule has 2 heterocycles. The highest BCUT2D eigenvalue weighted by Crippen LogP contribution is 2.46. The Bertz CT molecular complexity index is 1230. The lowest BCUT2D eigenvalue weighted by molar-refractivity contribution is -0.116. The quantitative estimate of drug-likeness (QED) is 0.519. The molecule has 1 aliphatic heterocycles. The summed E-state index contributed by atoms with van der Waals surface area (Å²) in [7, 11) is -2.28. The van der Waals surface area contributed by atoms with Crippen molar-refractivity contribution in [1.82, 2.24) is 0 Å². The third kappa shape index (κ3) is 4.38. The van der Waals surface area contributed by atoms with E-state index in [-0.39, 0.29) is 28.0 Å². The van der Waals surface area contributed by atoms with Crippen LogP contribution in [0.2, 0.25) is 0 Å². The van der Waals surface area contributed by atoms with Gasteiger partial charge in [-0.3, -0.25) is 4.79 Å². The minimum atomic E-state index is -3.80. The zero-order valence-corrected chi connectivity index (χ0v) is 19.8. The van der Waals surface area contributed by atoms with E-state index in [2.05, 4.69) is 19.2 Å². The first-order valence-electron chi connectivity index (χ1n) is 10.3. The normalized spacial score (nSPS) is 15.9. The number of benzene rings is 2. The number of fused-ring (bicyclic) bond motifs is 1. The van der Waals surface area contributed by atoms with Crippen LogP contribution in [0, 0.1) is 5.92 Å². The van der Waals surface area contributed by atoms with Crippen LogP contribution in [0.5, 0.6) is 11.5 Å². The number of methoxy groups -OCH3 is 1.